The minimum absolute atomic E-state index is 0.188. The molecule has 3 aromatic rings. The van der Waals surface area contributed by atoms with Gasteiger partial charge in [-0.3, -0.25) is 0 Å². The van der Waals surface area contributed by atoms with Crippen molar-refractivity contribution in [1.82, 2.24) is 25.0 Å². The number of hydrogen-bond acceptors (Lipinski definition) is 8. The Labute approximate surface area is 206 Å². The van der Waals surface area contributed by atoms with Crippen molar-refractivity contribution in [3.63, 3.8) is 0 Å². The fraction of sp³-hybridized carbons (Fsp3) is 0.565. The largest absolute Gasteiger partial charge is 0.348 e. The molecule has 0 bridgehead atoms. The molecule has 1 aromatic carbocycles. The van der Waals surface area contributed by atoms with Gasteiger partial charge in [-0.2, -0.15) is 0 Å². The molecule has 0 unspecified atom stereocenters. The van der Waals surface area contributed by atoms with E-state index < -0.39 is 5.92 Å². The summed E-state index contributed by atoms with van der Waals surface area (Å²) in [5.74, 6) is 0.242. The number of fused-ring (bicyclic) bond motifs is 1. The first-order valence-corrected chi connectivity index (χ1v) is 13.9. The van der Waals surface area contributed by atoms with Crippen molar-refractivity contribution < 1.29 is 8.78 Å². The van der Waals surface area contributed by atoms with E-state index in [-0.39, 0.29) is 24.9 Å². The zero-order chi connectivity index (χ0) is 24.3. The Morgan fingerprint density at radius 1 is 1.09 bits per heavy atom. The third-order valence-corrected chi connectivity index (χ3v) is 8.10. The number of alkyl halides is 2. The van der Waals surface area contributed by atoms with E-state index in [0.29, 0.717) is 35.9 Å². The molecule has 0 spiro atoms. The van der Waals surface area contributed by atoms with E-state index in [0.717, 1.165) is 23.5 Å². The summed E-state index contributed by atoms with van der Waals surface area (Å²) < 4.78 is 29.7. The molecule has 1 saturated heterocycles. The topological polar surface area (TPSA) is 85.8 Å². The Bertz CT molecular complexity index is 1130. The maximum absolute atomic E-state index is 14.0. The van der Waals surface area contributed by atoms with Crippen molar-refractivity contribution in [1.29, 1.82) is 0 Å². The van der Waals surface area contributed by atoms with Crippen LogP contribution in [0.4, 0.5) is 14.6 Å². The van der Waals surface area contributed by atoms with Crippen LogP contribution in [0.1, 0.15) is 44.1 Å². The number of aromatic nitrogens is 5. The number of hydrogen-bond donors (Lipinski definition) is 1. The van der Waals surface area contributed by atoms with Crippen LogP contribution in [-0.4, -0.2) is 62.0 Å². The van der Waals surface area contributed by atoms with E-state index in [9.17, 15) is 8.78 Å². The standard InChI is InChI=1S/C23H31F2N7S2/c1-22(2,3)21-27-19(31-11-9-23(24,25)15-31)18-20(28-21)32(30-29-18)14-17-7-5-4-6-16(17)8-12-33-34-13-10-26/h4-7H,8-15,26H2,1-3H3. The molecular formula is C23H31F2N7S2. The number of benzene rings is 1. The monoisotopic (exact) mass is 507 g/mol. The van der Waals surface area contributed by atoms with Crippen LogP contribution in [0.3, 0.4) is 0 Å². The fourth-order valence-corrected chi connectivity index (χ4v) is 5.74. The minimum atomic E-state index is -2.73. The third-order valence-electron chi connectivity index (χ3n) is 5.66. The van der Waals surface area contributed by atoms with Gasteiger partial charge in [-0.1, -0.05) is 71.8 Å². The van der Waals surface area contributed by atoms with Crippen molar-refractivity contribution in [3.8, 4) is 0 Å². The maximum Gasteiger partial charge on any atom is 0.266 e. The first-order chi connectivity index (χ1) is 16.2. The predicted molar refractivity (Wildman–Crippen MR) is 137 cm³/mol. The number of rotatable bonds is 9. The van der Waals surface area contributed by atoms with Gasteiger partial charge in [0.1, 0.15) is 5.82 Å². The second-order valence-electron chi connectivity index (χ2n) is 9.52. The summed E-state index contributed by atoms with van der Waals surface area (Å²) >= 11 is 0. The maximum atomic E-state index is 14.0. The van der Waals surface area contributed by atoms with E-state index in [4.69, 9.17) is 10.7 Å². The van der Waals surface area contributed by atoms with Gasteiger partial charge in [0.2, 0.25) is 0 Å². The molecular weight excluding hydrogens is 476 g/mol. The van der Waals surface area contributed by atoms with Crippen LogP contribution in [0.25, 0.3) is 11.2 Å². The van der Waals surface area contributed by atoms with Gasteiger partial charge in [0.05, 0.1) is 13.1 Å². The van der Waals surface area contributed by atoms with Crippen molar-refractivity contribution in [3.05, 3.63) is 41.2 Å². The van der Waals surface area contributed by atoms with Crippen molar-refractivity contribution in [2.75, 3.05) is 36.0 Å². The number of nitrogens with two attached hydrogens (primary N) is 1. The molecule has 0 amide bonds. The zero-order valence-corrected chi connectivity index (χ0v) is 21.4. The lowest BCUT2D eigenvalue weighted by Crippen LogP contribution is -2.27. The summed E-state index contributed by atoms with van der Waals surface area (Å²) in [5.41, 5.74) is 8.65. The Morgan fingerprint density at radius 3 is 2.50 bits per heavy atom. The van der Waals surface area contributed by atoms with Gasteiger partial charge in [-0.15, -0.1) is 5.10 Å². The quantitative estimate of drug-likeness (QED) is 0.339. The van der Waals surface area contributed by atoms with Crippen molar-refractivity contribution >= 4 is 38.6 Å². The number of aryl methyl sites for hydroxylation is 1. The van der Waals surface area contributed by atoms with Gasteiger partial charge in [-0.25, -0.2) is 23.4 Å². The Balaban J connectivity index is 1.65. The Kier molecular flexibility index (Phi) is 7.63. The van der Waals surface area contributed by atoms with Crippen LogP contribution in [-0.2, 0) is 18.4 Å². The third kappa shape index (κ3) is 5.80. The predicted octanol–water partition coefficient (Wildman–Crippen LogP) is 4.30. The molecule has 1 aliphatic heterocycles. The molecule has 2 aromatic heterocycles. The van der Waals surface area contributed by atoms with E-state index in [2.05, 4.69) is 27.4 Å². The van der Waals surface area contributed by atoms with Crippen LogP contribution >= 0.6 is 21.6 Å². The van der Waals surface area contributed by atoms with E-state index >= 15 is 0 Å². The molecule has 0 saturated carbocycles. The average molecular weight is 508 g/mol. The normalized spacial score (nSPS) is 16.0. The van der Waals surface area contributed by atoms with Gasteiger partial charge in [-0.05, 0) is 17.5 Å². The van der Waals surface area contributed by atoms with Crippen LogP contribution in [0.5, 0.6) is 0 Å². The first-order valence-electron chi connectivity index (χ1n) is 11.4. The van der Waals surface area contributed by atoms with E-state index in [1.165, 1.54) is 5.56 Å². The highest BCUT2D eigenvalue weighted by Gasteiger charge is 2.40. The van der Waals surface area contributed by atoms with Crippen LogP contribution in [0.15, 0.2) is 24.3 Å². The summed E-state index contributed by atoms with van der Waals surface area (Å²) in [4.78, 5) is 11.1. The second-order valence-corrected chi connectivity index (χ2v) is 12.2. The van der Waals surface area contributed by atoms with Crippen molar-refractivity contribution in [2.24, 2.45) is 5.73 Å². The van der Waals surface area contributed by atoms with Gasteiger partial charge in [0, 0.05) is 36.4 Å². The summed E-state index contributed by atoms with van der Waals surface area (Å²) in [6.45, 7) is 7.10. The highest BCUT2D eigenvalue weighted by molar-refractivity contribution is 8.76. The molecule has 7 nitrogen and oxygen atoms in total. The summed E-state index contributed by atoms with van der Waals surface area (Å²) in [6, 6.07) is 8.29. The Morgan fingerprint density at radius 2 is 1.82 bits per heavy atom. The number of nitrogens with zero attached hydrogens (tertiary/aromatic N) is 6. The summed E-state index contributed by atoms with van der Waals surface area (Å²) in [6.07, 6.45) is 0.744. The molecule has 0 radical (unpaired) electrons. The molecule has 0 aliphatic carbocycles. The number of halogens is 2. The molecule has 184 valence electrons. The molecule has 1 aliphatic rings. The summed E-state index contributed by atoms with van der Waals surface area (Å²) in [5, 5.41) is 8.71. The molecule has 0 atom stereocenters. The van der Waals surface area contributed by atoms with Gasteiger partial charge in [0.15, 0.2) is 17.0 Å². The molecule has 11 heteroatoms. The minimum Gasteiger partial charge on any atom is -0.348 e. The highest BCUT2D eigenvalue weighted by Crippen LogP contribution is 2.34. The second kappa shape index (κ2) is 10.3. The summed E-state index contributed by atoms with van der Waals surface area (Å²) in [7, 11) is 3.62. The SMILES string of the molecule is CC(C)(C)c1nc(N2CCC(F)(F)C2)c2nnn(Cc3ccccc3CCSSCCN)c2n1. The van der Waals surface area contributed by atoms with Crippen LogP contribution < -0.4 is 10.6 Å². The smallest absolute Gasteiger partial charge is 0.266 e. The fourth-order valence-electron chi connectivity index (χ4n) is 3.86. The Hall–Kier alpha value is -1.98. The van der Waals surface area contributed by atoms with Crippen LogP contribution in [0.2, 0.25) is 0 Å². The zero-order valence-electron chi connectivity index (χ0n) is 19.8. The molecule has 34 heavy (non-hydrogen) atoms. The molecule has 1 fully saturated rings. The van der Waals surface area contributed by atoms with Crippen molar-refractivity contribution in [2.45, 2.75) is 51.5 Å². The lowest BCUT2D eigenvalue weighted by atomic mass is 9.96. The number of anilines is 1. The van der Waals surface area contributed by atoms with Gasteiger partial charge < -0.3 is 10.6 Å². The van der Waals surface area contributed by atoms with E-state index in [1.54, 1.807) is 20.4 Å². The van der Waals surface area contributed by atoms with Gasteiger partial charge in [0.25, 0.3) is 5.92 Å². The molecule has 4 rings (SSSR count). The van der Waals surface area contributed by atoms with Crippen LogP contribution in [0, 0.1) is 0 Å². The first kappa shape index (κ1) is 25.1. The lowest BCUT2D eigenvalue weighted by Gasteiger charge is -2.22. The van der Waals surface area contributed by atoms with Gasteiger partial charge >= 0.3 is 0 Å². The lowest BCUT2D eigenvalue weighted by molar-refractivity contribution is 0.0257. The van der Waals surface area contributed by atoms with E-state index in [1.807, 2.05) is 43.7 Å². The highest BCUT2D eigenvalue weighted by atomic mass is 33.1. The average Bonchev–Trinajstić information content (AvgIpc) is 3.36. The molecule has 3 heterocycles. The molecule has 2 N–H and O–H groups in total.